The third kappa shape index (κ3) is 4.58. The molecule has 23 heavy (non-hydrogen) atoms. The molecule has 1 heterocycles. The summed E-state index contributed by atoms with van der Waals surface area (Å²) in [6.45, 7) is 7.24. The molecule has 1 unspecified atom stereocenters. The Labute approximate surface area is 135 Å². The summed E-state index contributed by atoms with van der Waals surface area (Å²) >= 11 is 0. The summed E-state index contributed by atoms with van der Waals surface area (Å²) in [4.78, 5) is 11.9. The molecule has 1 aromatic carbocycles. The molecule has 2 atom stereocenters. The van der Waals surface area contributed by atoms with Crippen molar-refractivity contribution in [2.24, 2.45) is 0 Å². The van der Waals surface area contributed by atoms with Gasteiger partial charge in [0.1, 0.15) is 23.8 Å². The largest absolute Gasteiger partial charge is 0.489 e. The van der Waals surface area contributed by atoms with Crippen LogP contribution in [0.3, 0.4) is 0 Å². The van der Waals surface area contributed by atoms with Crippen LogP contribution < -0.4 is 10.1 Å². The number of rotatable bonds is 4. The fourth-order valence-corrected chi connectivity index (χ4v) is 2.59. The maximum Gasteiger partial charge on any atom is 0.408 e. The first-order valence-electron chi connectivity index (χ1n) is 7.78. The van der Waals surface area contributed by atoms with Crippen molar-refractivity contribution in [3.8, 4) is 5.75 Å². The van der Waals surface area contributed by atoms with Crippen LogP contribution in [0.15, 0.2) is 12.1 Å². The number of carbonyl (C=O) groups is 1. The molecule has 5 nitrogen and oxygen atoms in total. The number of nitrogens with one attached hydrogen (secondary N) is 1. The van der Waals surface area contributed by atoms with Gasteiger partial charge in [0.15, 0.2) is 0 Å². The van der Waals surface area contributed by atoms with Gasteiger partial charge in [-0.15, -0.1) is 0 Å². The van der Waals surface area contributed by atoms with Gasteiger partial charge in [0.25, 0.3) is 0 Å². The molecule has 0 aromatic heterocycles. The summed E-state index contributed by atoms with van der Waals surface area (Å²) in [6.07, 6.45) is -0.356. The third-order valence-electron chi connectivity index (χ3n) is 3.54. The summed E-state index contributed by atoms with van der Waals surface area (Å²) in [5, 5.41) is 11.7. The van der Waals surface area contributed by atoms with Crippen LogP contribution in [-0.2, 0) is 11.2 Å². The zero-order valence-electron chi connectivity index (χ0n) is 14.0. The van der Waals surface area contributed by atoms with Crippen molar-refractivity contribution in [3.63, 3.8) is 0 Å². The van der Waals surface area contributed by atoms with Gasteiger partial charge in [0.05, 0.1) is 0 Å². The molecule has 0 saturated carbocycles. The van der Waals surface area contributed by atoms with Crippen molar-refractivity contribution in [3.05, 3.63) is 29.1 Å². The van der Waals surface area contributed by atoms with Gasteiger partial charge in [-0.3, -0.25) is 0 Å². The van der Waals surface area contributed by atoms with Gasteiger partial charge in [-0.1, -0.05) is 0 Å². The van der Waals surface area contributed by atoms with Gasteiger partial charge in [-0.05, 0) is 39.8 Å². The number of aliphatic hydroxyl groups is 1. The summed E-state index contributed by atoms with van der Waals surface area (Å²) in [7, 11) is 0. The molecule has 1 aromatic rings. The molecule has 2 rings (SSSR count). The average molecular weight is 325 g/mol. The number of hydrogen-bond acceptors (Lipinski definition) is 4. The standard InChI is InChI=1S/C17H24FNO4/c1-10(22-16(21)19-17(2,3)4)14-9-12(18)7-11-8-13(5-6-20)23-15(11)14/h7,9-10,13,20H,5-6,8H2,1-4H3,(H,19,21)/t10-,13?/m1/s1. The second-order valence-corrected chi connectivity index (χ2v) is 6.86. The fraction of sp³-hybridized carbons (Fsp3) is 0.588. The second-order valence-electron chi connectivity index (χ2n) is 6.86. The molecule has 0 bridgehead atoms. The highest BCUT2D eigenvalue weighted by Crippen LogP contribution is 2.38. The first kappa shape index (κ1) is 17.5. The van der Waals surface area contributed by atoms with E-state index in [9.17, 15) is 9.18 Å². The Bertz CT molecular complexity index is 583. The monoisotopic (exact) mass is 325 g/mol. The first-order valence-corrected chi connectivity index (χ1v) is 7.78. The van der Waals surface area contributed by atoms with E-state index in [0.29, 0.717) is 24.2 Å². The minimum absolute atomic E-state index is 0.0104. The molecule has 0 radical (unpaired) electrons. The van der Waals surface area contributed by atoms with Crippen LogP contribution in [0.5, 0.6) is 5.75 Å². The number of alkyl carbamates (subject to hydrolysis) is 1. The van der Waals surface area contributed by atoms with Gasteiger partial charge >= 0.3 is 6.09 Å². The van der Waals surface area contributed by atoms with Gasteiger partial charge in [-0.25, -0.2) is 9.18 Å². The normalized spacial score (nSPS) is 18.1. The highest BCUT2D eigenvalue weighted by Gasteiger charge is 2.29. The van der Waals surface area contributed by atoms with E-state index in [2.05, 4.69) is 5.32 Å². The van der Waals surface area contributed by atoms with Crippen LogP contribution in [0.2, 0.25) is 0 Å². The number of fused-ring (bicyclic) bond motifs is 1. The van der Waals surface area contributed by atoms with Crippen molar-refractivity contribution in [2.75, 3.05) is 6.61 Å². The Balaban J connectivity index is 2.16. The topological polar surface area (TPSA) is 67.8 Å². The van der Waals surface area contributed by atoms with E-state index >= 15 is 0 Å². The quantitative estimate of drug-likeness (QED) is 0.892. The minimum Gasteiger partial charge on any atom is -0.489 e. The minimum atomic E-state index is -0.644. The molecule has 0 saturated heterocycles. The van der Waals surface area contributed by atoms with Crippen LogP contribution in [0, 0.1) is 5.82 Å². The third-order valence-corrected chi connectivity index (χ3v) is 3.54. The van der Waals surface area contributed by atoms with Crippen molar-refractivity contribution in [1.29, 1.82) is 0 Å². The van der Waals surface area contributed by atoms with E-state index < -0.39 is 23.6 Å². The predicted molar refractivity (Wildman–Crippen MR) is 84.0 cm³/mol. The Hall–Kier alpha value is -1.82. The van der Waals surface area contributed by atoms with Crippen molar-refractivity contribution in [2.45, 2.75) is 58.3 Å². The SMILES string of the molecule is C[C@@H](OC(=O)NC(C)(C)C)c1cc(F)cc2c1OC(CCO)C2. The molecule has 1 amide bonds. The number of hydrogen-bond donors (Lipinski definition) is 2. The van der Waals surface area contributed by atoms with E-state index in [1.165, 1.54) is 12.1 Å². The van der Waals surface area contributed by atoms with E-state index in [4.69, 9.17) is 14.6 Å². The predicted octanol–water partition coefficient (Wildman–Crippen LogP) is 3.10. The molecule has 0 spiro atoms. The van der Waals surface area contributed by atoms with Crippen LogP contribution >= 0.6 is 0 Å². The molecule has 128 valence electrons. The van der Waals surface area contributed by atoms with Crippen molar-refractivity contribution < 1.29 is 23.8 Å². The van der Waals surface area contributed by atoms with Crippen LogP contribution in [0.25, 0.3) is 0 Å². The number of benzene rings is 1. The Morgan fingerprint density at radius 1 is 1.52 bits per heavy atom. The first-order chi connectivity index (χ1) is 10.7. The molecular weight excluding hydrogens is 301 g/mol. The smallest absolute Gasteiger partial charge is 0.408 e. The van der Waals surface area contributed by atoms with Crippen LogP contribution in [0.1, 0.15) is 51.3 Å². The fourth-order valence-electron chi connectivity index (χ4n) is 2.59. The zero-order chi connectivity index (χ0) is 17.2. The van der Waals surface area contributed by atoms with Gasteiger partial charge in [-0.2, -0.15) is 0 Å². The highest BCUT2D eigenvalue weighted by molar-refractivity contribution is 5.68. The van der Waals surface area contributed by atoms with Gasteiger partial charge < -0.3 is 19.9 Å². The molecule has 0 fully saturated rings. The molecular formula is C17H24FNO4. The Morgan fingerprint density at radius 3 is 2.83 bits per heavy atom. The summed E-state index contributed by atoms with van der Waals surface area (Å²) in [5.74, 6) is 0.166. The maximum absolute atomic E-state index is 13.8. The van der Waals surface area contributed by atoms with Gasteiger partial charge in [0, 0.05) is 36.1 Å². The second kappa shape index (κ2) is 6.74. The number of ether oxygens (including phenoxy) is 2. The lowest BCUT2D eigenvalue weighted by molar-refractivity contribution is 0.0970. The molecule has 0 aliphatic carbocycles. The summed E-state index contributed by atoms with van der Waals surface area (Å²) < 4.78 is 25.0. The zero-order valence-corrected chi connectivity index (χ0v) is 14.0. The molecule has 6 heteroatoms. The molecule has 1 aliphatic rings. The van der Waals surface area contributed by atoms with Crippen LogP contribution in [-0.4, -0.2) is 29.4 Å². The van der Waals surface area contributed by atoms with E-state index in [1.54, 1.807) is 6.92 Å². The lowest BCUT2D eigenvalue weighted by Crippen LogP contribution is -2.41. The van der Waals surface area contributed by atoms with E-state index in [1.807, 2.05) is 20.8 Å². The van der Waals surface area contributed by atoms with Gasteiger partial charge in [0.2, 0.25) is 0 Å². The number of halogens is 1. The van der Waals surface area contributed by atoms with E-state index in [0.717, 1.165) is 5.56 Å². The van der Waals surface area contributed by atoms with Crippen LogP contribution in [0.4, 0.5) is 9.18 Å². The summed E-state index contributed by atoms with van der Waals surface area (Å²) in [5.41, 5.74) is 0.832. The number of aliphatic hydroxyl groups excluding tert-OH is 1. The average Bonchev–Trinajstić information content (AvgIpc) is 2.77. The highest BCUT2D eigenvalue weighted by atomic mass is 19.1. The molecule has 2 N–H and O–H groups in total. The maximum atomic E-state index is 13.8. The lowest BCUT2D eigenvalue weighted by Gasteiger charge is -2.23. The van der Waals surface area contributed by atoms with E-state index in [-0.39, 0.29) is 12.7 Å². The summed E-state index contributed by atoms with van der Waals surface area (Å²) in [6, 6.07) is 2.76. The molecule has 1 aliphatic heterocycles. The van der Waals surface area contributed by atoms with Crippen molar-refractivity contribution >= 4 is 6.09 Å². The van der Waals surface area contributed by atoms with Crippen molar-refractivity contribution in [1.82, 2.24) is 5.32 Å². The number of carbonyl (C=O) groups excluding carboxylic acids is 1. The Morgan fingerprint density at radius 2 is 2.22 bits per heavy atom. The lowest BCUT2D eigenvalue weighted by atomic mass is 10.0. The number of amides is 1. The Kier molecular flexibility index (Phi) is 5.14.